The number of hydrogen-bond acceptors (Lipinski definition) is 4. The Kier molecular flexibility index (Phi) is 11.4. The summed E-state index contributed by atoms with van der Waals surface area (Å²) >= 11 is 0. The van der Waals surface area contributed by atoms with Crippen LogP contribution in [0.15, 0.2) is 12.7 Å². The van der Waals surface area contributed by atoms with Crippen LogP contribution in [0.2, 0.25) is 0 Å². The van der Waals surface area contributed by atoms with Crippen LogP contribution in [0.1, 0.15) is 52.9 Å². The number of ether oxygens (including phenoxy) is 2. The van der Waals surface area contributed by atoms with Gasteiger partial charge in [0.15, 0.2) is 0 Å². The van der Waals surface area contributed by atoms with Gasteiger partial charge in [-0.05, 0) is 25.2 Å². The van der Waals surface area contributed by atoms with E-state index in [9.17, 15) is 9.59 Å². The van der Waals surface area contributed by atoms with E-state index >= 15 is 0 Å². The molecule has 1 unspecified atom stereocenters. The summed E-state index contributed by atoms with van der Waals surface area (Å²) < 4.78 is 10.1. The number of nitrogens with one attached hydrogen (secondary N) is 1. The second-order valence-corrected chi connectivity index (χ2v) is 5.43. The van der Waals surface area contributed by atoms with E-state index in [1.165, 1.54) is 6.08 Å². The van der Waals surface area contributed by atoms with Crippen LogP contribution in [0.25, 0.3) is 0 Å². The molecule has 0 bridgehead atoms. The molecule has 0 radical (unpaired) electrons. The Morgan fingerprint density at radius 1 is 1.19 bits per heavy atom. The van der Waals surface area contributed by atoms with Crippen molar-refractivity contribution in [3.8, 4) is 0 Å². The number of amides is 1. The van der Waals surface area contributed by atoms with Crippen molar-refractivity contribution in [2.45, 2.75) is 58.9 Å². The minimum absolute atomic E-state index is 0.121. The summed E-state index contributed by atoms with van der Waals surface area (Å²) in [5.41, 5.74) is 0. The molecule has 0 saturated carbocycles. The van der Waals surface area contributed by atoms with E-state index in [2.05, 4.69) is 25.7 Å². The van der Waals surface area contributed by atoms with E-state index in [0.717, 1.165) is 25.7 Å². The maximum Gasteiger partial charge on any atom is 0.408 e. The van der Waals surface area contributed by atoms with Crippen LogP contribution in [0.5, 0.6) is 0 Å². The first-order valence-electron chi connectivity index (χ1n) is 7.72. The van der Waals surface area contributed by atoms with Gasteiger partial charge in [0.05, 0.1) is 6.61 Å². The summed E-state index contributed by atoms with van der Waals surface area (Å²) in [6.45, 7) is 10.3. The third-order valence-electron chi connectivity index (χ3n) is 2.93. The van der Waals surface area contributed by atoms with E-state index in [-0.39, 0.29) is 12.6 Å². The van der Waals surface area contributed by atoms with Crippen molar-refractivity contribution in [2.75, 3.05) is 13.2 Å². The van der Waals surface area contributed by atoms with Gasteiger partial charge >= 0.3 is 12.1 Å². The summed E-state index contributed by atoms with van der Waals surface area (Å²) in [4.78, 5) is 23.5. The number of unbranched alkanes of at least 4 members (excludes halogenated alkanes) is 1. The van der Waals surface area contributed by atoms with Gasteiger partial charge in [0.25, 0.3) is 0 Å². The van der Waals surface area contributed by atoms with E-state index in [1.807, 2.05) is 6.92 Å². The summed E-state index contributed by atoms with van der Waals surface area (Å²) in [5, 5.41) is 2.55. The van der Waals surface area contributed by atoms with Crippen LogP contribution in [0.3, 0.4) is 0 Å². The molecule has 1 N–H and O–H groups in total. The van der Waals surface area contributed by atoms with Crippen LogP contribution in [-0.2, 0) is 14.3 Å². The maximum atomic E-state index is 12.0. The molecule has 0 aliphatic rings. The Morgan fingerprint density at radius 2 is 1.90 bits per heavy atom. The average molecular weight is 299 g/mol. The molecule has 1 amide bonds. The Balaban J connectivity index is 4.21. The highest BCUT2D eigenvalue weighted by Crippen LogP contribution is 2.06. The predicted octanol–water partition coefficient (Wildman–Crippen LogP) is 3.44. The molecule has 5 nitrogen and oxygen atoms in total. The van der Waals surface area contributed by atoms with Crippen molar-refractivity contribution in [1.82, 2.24) is 5.32 Å². The van der Waals surface area contributed by atoms with Crippen molar-refractivity contribution in [3.63, 3.8) is 0 Å². The lowest BCUT2D eigenvalue weighted by molar-refractivity contribution is -0.146. The Hall–Kier alpha value is -1.52. The van der Waals surface area contributed by atoms with Gasteiger partial charge in [-0.2, -0.15) is 0 Å². The van der Waals surface area contributed by atoms with Crippen molar-refractivity contribution < 1.29 is 19.1 Å². The Labute approximate surface area is 128 Å². The van der Waals surface area contributed by atoms with E-state index in [0.29, 0.717) is 18.9 Å². The molecule has 5 heteroatoms. The first-order valence-corrected chi connectivity index (χ1v) is 7.72. The molecule has 0 aromatic heterocycles. The fourth-order valence-electron chi connectivity index (χ4n) is 1.74. The largest absolute Gasteiger partial charge is 0.464 e. The van der Waals surface area contributed by atoms with Gasteiger partial charge in [-0.25, -0.2) is 9.59 Å². The van der Waals surface area contributed by atoms with Gasteiger partial charge in [-0.3, -0.25) is 0 Å². The lowest BCUT2D eigenvalue weighted by atomic mass is 10.1. The highest BCUT2D eigenvalue weighted by atomic mass is 16.6. The zero-order valence-electron chi connectivity index (χ0n) is 13.5. The Bertz CT molecular complexity index is 315. The van der Waals surface area contributed by atoms with Crippen LogP contribution in [0, 0.1) is 5.92 Å². The molecule has 0 rings (SSSR count). The lowest BCUT2D eigenvalue weighted by Crippen LogP contribution is -2.42. The number of alkyl carbamates (subject to hydrolysis) is 1. The van der Waals surface area contributed by atoms with Gasteiger partial charge in [-0.15, -0.1) is 0 Å². The zero-order valence-corrected chi connectivity index (χ0v) is 13.5. The minimum atomic E-state index is -0.638. The minimum Gasteiger partial charge on any atom is -0.464 e. The topological polar surface area (TPSA) is 64.6 Å². The summed E-state index contributed by atoms with van der Waals surface area (Å²) in [7, 11) is 0. The predicted molar refractivity (Wildman–Crippen MR) is 83.0 cm³/mol. The molecule has 0 aliphatic heterocycles. The van der Waals surface area contributed by atoms with Crippen LogP contribution in [-0.4, -0.2) is 31.3 Å². The fourth-order valence-corrected chi connectivity index (χ4v) is 1.74. The molecular weight excluding hydrogens is 270 g/mol. The summed E-state index contributed by atoms with van der Waals surface area (Å²) in [6, 6.07) is -0.638. The molecule has 0 aromatic rings. The maximum absolute atomic E-state index is 12.0. The van der Waals surface area contributed by atoms with Gasteiger partial charge in [-0.1, -0.05) is 46.3 Å². The third kappa shape index (κ3) is 10.9. The number of rotatable bonds is 11. The first-order chi connectivity index (χ1) is 10.0. The van der Waals surface area contributed by atoms with Gasteiger partial charge < -0.3 is 14.8 Å². The molecule has 0 aromatic carbocycles. The number of esters is 1. The van der Waals surface area contributed by atoms with Gasteiger partial charge in [0.2, 0.25) is 0 Å². The molecule has 122 valence electrons. The fraction of sp³-hybridized carbons (Fsp3) is 0.750. The van der Waals surface area contributed by atoms with E-state index in [4.69, 9.17) is 9.47 Å². The van der Waals surface area contributed by atoms with Gasteiger partial charge in [0.1, 0.15) is 12.6 Å². The second-order valence-electron chi connectivity index (χ2n) is 5.43. The molecule has 0 fully saturated rings. The SMILES string of the molecule is C=CCOC(=O)NC(CCCC)C(=O)OCCCC(C)C. The first kappa shape index (κ1) is 19.5. The smallest absolute Gasteiger partial charge is 0.408 e. The quantitative estimate of drug-likeness (QED) is 0.360. The lowest BCUT2D eigenvalue weighted by Gasteiger charge is -2.17. The van der Waals surface area contributed by atoms with E-state index in [1.54, 1.807) is 0 Å². The Morgan fingerprint density at radius 3 is 2.48 bits per heavy atom. The summed E-state index contributed by atoms with van der Waals surface area (Å²) in [6.07, 6.45) is 5.06. The molecule has 0 heterocycles. The van der Waals surface area contributed by atoms with Crippen molar-refractivity contribution >= 4 is 12.1 Å². The van der Waals surface area contributed by atoms with Crippen molar-refractivity contribution in [1.29, 1.82) is 0 Å². The molecule has 21 heavy (non-hydrogen) atoms. The number of carbonyl (C=O) groups is 2. The molecule has 1 atom stereocenters. The monoisotopic (exact) mass is 299 g/mol. The standard InChI is InChI=1S/C16H29NO4/c1-5-7-10-14(17-16(19)21-11-6-2)15(18)20-12-8-9-13(3)4/h6,13-14H,2,5,7-12H2,1,3-4H3,(H,17,19). The zero-order chi connectivity index (χ0) is 16.1. The van der Waals surface area contributed by atoms with Crippen LogP contribution in [0.4, 0.5) is 4.79 Å². The molecule has 0 aliphatic carbocycles. The molecule has 0 saturated heterocycles. The van der Waals surface area contributed by atoms with Crippen LogP contribution >= 0.6 is 0 Å². The van der Waals surface area contributed by atoms with E-state index < -0.39 is 12.1 Å². The van der Waals surface area contributed by atoms with Crippen molar-refractivity contribution in [2.24, 2.45) is 5.92 Å². The second kappa shape index (κ2) is 12.2. The van der Waals surface area contributed by atoms with Gasteiger partial charge in [0, 0.05) is 0 Å². The highest BCUT2D eigenvalue weighted by Gasteiger charge is 2.22. The van der Waals surface area contributed by atoms with Crippen molar-refractivity contribution in [3.05, 3.63) is 12.7 Å². The number of hydrogen-bond donors (Lipinski definition) is 1. The normalized spacial score (nSPS) is 11.8. The number of carbonyl (C=O) groups excluding carboxylic acids is 2. The average Bonchev–Trinajstić information content (AvgIpc) is 2.45. The highest BCUT2D eigenvalue weighted by molar-refractivity contribution is 5.81. The molecular formula is C16H29NO4. The molecule has 0 spiro atoms. The van der Waals surface area contributed by atoms with Crippen LogP contribution < -0.4 is 5.32 Å². The third-order valence-corrected chi connectivity index (χ3v) is 2.93. The summed E-state index contributed by atoms with van der Waals surface area (Å²) in [5.74, 6) is 0.203.